The Balaban J connectivity index is 1.93. The van der Waals surface area contributed by atoms with Crippen LogP contribution in [-0.2, 0) is 0 Å². The van der Waals surface area contributed by atoms with E-state index in [0.717, 1.165) is 22.5 Å². The van der Waals surface area contributed by atoms with Crippen LogP contribution in [0.5, 0.6) is 0 Å². The highest BCUT2D eigenvalue weighted by Crippen LogP contribution is 2.27. The molecule has 0 atom stereocenters. The Morgan fingerprint density at radius 2 is 1.56 bits per heavy atom. The van der Waals surface area contributed by atoms with Gasteiger partial charge < -0.3 is 10.6 Å². The minimum absolute atomic E-state index is 0.140. The van der Waals surface area contributed by atoms with Crippen molar-refractivity contribution in [2.45, 2.75) is 13.8 Å². The normalized spacial score (nSPS) is 10.3. The number of aryl methyl sites for hydroxylation is 2. The summed E-state index contributed by atoms with van der Waals surface area (Å²) < 4.78 is 0. The van der Waals surface area contributed by atoms with Gasteiger partial charge in [0, 0.05) is 11.4 Å². The number of hydrogen-bond acceptors (Lipinski definition) is 6. The smallest absolute Gasteiger partial charge is 0.329 e. The molecule has 2 aromatic carbocycles. The second kappa shape index (κ2) is 6.96. The first-order valence-electron chi connectivity index (χ1n) is 7.70. The maximum Gasteiger partial charge on any atom is 0.329 e. The predicted octanol–water partition coefficient (Wildman–Crippen LogP) is 4.49. The summed E-state index contributed by atoms with van der Waals surface area (Å²) in [4.78, 5) is 19.1. The summed E-state index contributed by atoms with van der Waals surface area (Å²) in [5.41, 5.74) is 3.49. The molecule has 7 heteroatoms. The van der Waals surface area contributed by atoms with E-state index in [1.54, 1.807) is 0 Å². The van der Waals surface area contributed by atoms with E-state index in [9.17, 15) is 10.1 Å². The molecule has 25 heavy (non-hydrogen) atoms. The molecule has 3 aromatic rings. The molecule has 0 saturated heterocycles. The molecular weight excluding hydrogens is 318 g/mol. The fourth-order valence-electron chi connectivity index (χ4n) is 2.37. The standard InChI is InChI=1S/C18H17N5O2/c1-12-5-3-7-14(9-12)20-17-16(23(24)25)11-19-18(22-17)21-15-8-4-6-13(2)10-15/h3-11H,1-2H3,(H2,19,20,21,22). The van der Waals surface area contributed by atoms with Crippen LogP contribution in [0.15, 0.2) is 54.7 Å². The Bertz CT molecular complexity index is 927. The maximum absolute atomic E-state index is 11.3. The van der Waals surface area contributed by atoms with Crippen LogP contribution in [0.2, 0.25) is 0 Å². The molecule has 0 fully saturated rings. The Hall–Kier alpha value is -3.48. The molecular formula is C18H17N5O2. The molecule has 0 spiro atoms. The Morgan fingerprint density at radius 3 is 2.12 bits per heavy atom. The average molecular weight is 335 g/mol. The third-order valence-corrected chi connectivity index (χ3v) is 3.52. The lowest BCUT2D eigenvalue weighted by atomic mass is 10.2. The molecule has 0 saturated carbocycles. The van der Waals surface area contributed by atoms with Crippen LogP contribution in [0.25, 0.3) is 0 Å². The first-order chi connectivity index (χ1) is 12.0. The summed E-state index contributed by atoms with van der Waals surface area (Å²) in [5.74, 6) is 0.423. The number of hydrogen-bond donors (Lipinski definition) is 2. The summed E-state index contributed by atoms with van der Waals surface area (Å²) >= 11 is 0. The highest BCUT2D eigenvalue weighted by Gasteiger charge is 2.17. The van der Waals surface area contributed by atoms with E-state index in [1.807, 2.05) is 62.4 Å². The molecule has 126 valence electrons. The maximum atomic E-state index is 11.3. The van der Waals surface area contributed by atoms with Gasteiger partial charge in [-0.2, -0.15) is 4.98 Å². The summed E-state index contributed by atoms with van der Waals surface area (Å²) in [6, 6.07) is 15.2. The minimum atomic E-state index is -0.505. The van der Waals surface area contributed by atoms with Crippen LogP contribution in [0.4, 0.5) is 28.8 Å². The van der Waals surface area contributed by atoms with Gasteiger partial charge in [-0.1, -0.05) is 24.3 Å². The number of aromatic nitrogens is 2. The van der Waals surface area contributed by atoms with Crippen LogP contribution in [0, 0.1) is 24.0 Å². The Labute approximate surface area is 144 Å². The van der Waals surface area contributed by atoms with E-state index < -0.39 is 4.92 Å². The lowest BCUT2D eigenvalue weighted by molar-refractivity contribution is -0.384. The monoisotopic (exact) mass is 335 g/mol. The molecule has 3 rings (SSSR count). The summed E-state index contributed by atoms with van der Waals surface area (Å²) in [6.07, 6.45) is 1.20. The lowest BCUT2D eigenvalue weighted by Gasteiger charge is -2.10. The fraction of sp³-hybridized carbons (Fsp3) is 0.111. The van der Waals surface area contributed by atoms with Gasteiger partial charge in [0.15, 0.2) is 0 Å². The summed E-state index contributed by atoms with van der Waals surface area (Å²) in [7, 11) is 0. The Kier molecular flexibility index (Phi) is 4.56. The molecule has 0 amide bonds. The van der Waals surface area contributed by atoms with Crippen molar-refractivity contribution in [3.8, 4) is 0 Å². The van der Waals surface area contributed by atoms with Crippen molar-refractivity contribution in [3.05, 3.63) is 76.0 Å². The molecule has 0 unspecified atom stereocenters. The molecule has 0 bridgehead atoms. The van der Waals surface area contributed by atoms with Crippen molar-refractivity contribution < 1.29 is 4.92 Å². The SMILES string of the molecule is Cc1cccc(Nc2ncc([N+](=O)[O-])c(Nc3cccc(C)c3)n2)c1. The van der Waals surface area contributed by atoms with E-state index in [4.69, 9.17) is 0 Å². The van der Waals surface area contributed by atoms with Gasteiger partial charge in [-0.15, -0.1) is 0 Å². The van der Waals surface area contributed by atoms with Crippen molar-refractivity contribution in [1.82, 2.24) is 9.97 Å². The molecule has 2 N–H and O–H groups in total. The number of nitrogens with one attached hydrogen (secondary N) is 2. The van der Waals surface area contributed by atoms with Crippen molar-refractivity contribution in [3.63, 3.8) is 0 Å². The molecule has 0 aliphatic heterocycles. The zero-order valence-corrected chi connectivity index (χ0v) is 13.9. The minimum Gasteiger partial charge on any atom is -0.334 e. The van der Waals surface area contributed by atoms with Crippen LogP contribution in [-0.4, -0.2) is 14.9 Å². The molecule has 0 radical (unpaired) electrons. The average Bonchev–Trinajstić information content (AvgIpc) is 2.55. The second-order valence-corrected chi connectivity index (χ2v) is 5.67. The van der Waals surface area contributed by atoms with Gasteiger partial charge in [-0.25, -0.2) is 4.98 Å². The van der Waals surface area contributed by atoms with Gasteiger partial charge in [0.2, 0.25) is 11.8 Å². The Morgan fingerprint density at radius 1 is 0.960 bits per heavy atom. The highest BCUT2D eigenvalue weighted by molar-refractivity contribution is 5.67. The van der Waals surface area contributed by atoms with Crippen LogP contribution in [0.3, 0.4) is 0 Å². The van der Waals surface area contributed by atoms with Gasteiger partial charge in [-0.05, 0) is 49.2 Å². The molecule has 1 aromatic heterocycles. The molecule has 0 aliphatic rings. The molecule has 0 aliphatic carbocycles. The van der Waals surface area contributed by atoms with E-state index >= 15 is 0 Å². The first-order valence-corrected chi connectivity index (χ1v) is 7.70. The molecule has 1 heterocycles. The van der Waals surface area contributed by atoms with Crippen molar-refractivity contribution in [1.29, 1.82) is 0 Å². The van der Waals surface area contributed by atoms with Gasteiger partial charge >= 0.3 is 5.69 Å². The second-order valence-electron chi connectivity index (χ2n) is 5.67. The van der Waals surface area contributed by atoms with Crippen LogP contribution in [0.1, 0.15) is 11.1 Å². The quantitative estimate of drug-likeness (QED) is 0.527. The van der Waals surface area contributed by atoms with Crippen molar-refractivity contribution >= 4 is 28.8 Å². The van der Waals surface area contributed by atoms with E-state index in [0.29, 0.717) is 0 Å². The number of nitro groups is 1. The summed E-state index contributed by atoms with van der Waals surface area (Å²) in [6.45, 7) is 3.93. The number of nitrogens with zero attached hydrogens (tertiary/aromatic N) is 3. The third kappa shape index (κ3) is 4.08. The summed E-state index contributed by atoms with van der Waals surface area (Å²) in [5, 5.41) is 17.3. The number of anilines is 4. The van der Waals surface area contributed by atoms with E-state index in [2.05, 4.69) is 20.6 Å². The highest BCUT2D eigenvalue weighted by atomic mass is 16.6. The number of benzene rings is 2. The fourth-order valence-corrected chi connectivity index (χ4v) is 2.37. The van der Waals surface area contributed by atoms with Gasteiger partial charge in [0.1, 0.15) is 6.20 Å². The molecule has 7 nitrogen and oxygen atoms in total. The first kappa shape index (κ1) is 16.4. The van der Waals surface area contributed by atoms with Gasteiger partial charge in [-0.3, -0.25) is 10.1 Å². The topological polar surface area (TPSA) is 93.0 Å². The zero-order valence-electron chi connectivity index (χ0n) is 13.9. The lowest BCUT2D eigenvalue weighted by Crippen LogP contribution is -2.04. The van der Waals surface area contributed by atoms with Gasteiger partial charge in [0.05, 0.1) is 4.92 Å². The number of rotatable bonds is 5. The predicted molar refractivity (Wildman–Crippen MR) is 97.6 cm³/mol. The van der Waals surface area contributed by atoms with E-state index in [1.165, 1.54) is 6.20 Å². The van der Waals surface area contributed by atoms with Crippen LogP contribution >= 0.6 is 0 Å². The van der Waals surface area contributed by atoms with Crippen molar-refractivity contribution in [2.24, 2.45) is 0 Å². The van der Waals surface area contributed by atoms with Crippen molar-refractivity contribution in [2.75, 3.05) is 10.6 Å². The van der Waals surface area contributed by atoms with Crippen LogP contribution < -0.4 is 10.6 Å². The van der Waals surface area contributed by atoms with E-state index in [-0.39, 0.29) is 17.5 Å². The third-order valence-electron chi connectivity index (χ3n) is 3.52. The largest absolute Gasteiger partial charge is 0.334 e. The van der Waals surface area contributed by atoms with Gasteiger partial charge in [0.25, 0.3) is 0 Å². The zero-order chi connectivity index (χ0) is 17.8.